The average Bonchev–Trinajstić information content (AvgIpc) is 2.32. The predicted molar refractivity (Wildman–Crippen MR) is 84.1 cm³/mol. The molecule has 0 aromatic heterocycles. The summed E-state index contributed by atoms with van der Waals surface area (Å²) in [6, 6.07) is 0. The fourth-order valence-electron chi connectivity index (χ4n) is 3.02. The third kappa shape index (κ3) is 4.55. The molecule has 1 fully saturated rings. The molecule has 1 heterocycles. The van der Waals surface area contributed by atoms with Crippen LogP contribution in [0, 0.1) is 0 Å². The van der Waals surface area contributed by atoms with Gasteiger partial charge in [-0.1, -0.05) is 19.9 Å². The van der Waals surface area contributed by atoms with E-state index in [4.69, 9.17) is 9.57 Å². The Morgan fingerprint density at radius 3 is 1.95 bits per heavy atom. The molecule has 0 spiro atoms. The maximum atomic E-state index is 5.91. The van der Waals surface area contributed by atoms with Crippen molar-refractivity contribution < 1.29 is 9.57 Å². The van der Waals surface area contributed by atoms with Gasteiger partial charge in [0.05, 0.1) is 17.3 Å². The van der Waals surface area contributed by atoms with Crippen molar-refractivity contribution in [2.45, 2.75) is 84.4 Å². The molecule has 0 saturated carbocycles. The van der Waals surface area contributed by atoms with E-state index in [9.17, 15) is 0 Å². The lowest BCUT2D eigenvalue weighted by molar-refractivity contribution is -0.261. The molecule has 0 bridgehead atoms. The number of nitrogens with zero attached hydrogens (tertiary/aromatic N) is 1. The van der Waals surface area contributed by atoms with Crippen molar-refractivity contribution in [2.75, 3.05) is 0 Å². The summed E-state index contributed by atoms with van der Waals surface area (Å²) in [6.07, 6.45) is 11.9. The molecular formula is C17H31NO2. The summed E-state index contributed by atoms with van der Waals surface area (Å²) in [5.74, 6) is 0. The summed E-state index contributed by atoms with van der Waals surface area (Å²) in [4.78, 5) is 5.91. The average molecular weight is 281 g/mol. The molecule has 0 aromatic rings. The highest BCUT2D eigenvalue weighted by Gasteiger charge is 2.47. The Kier molecular flexibility index (Phi) is 6.12. The molecular weight excluding hydrogens is 250 g/mol. The molecule has 0 atom stereocenters. The first kappa shape index (κ1) is 17.1. The molecule has 0 aliphatic carbocycles. The Bertz CT molecular complexity index is 327. The van der Waals surface area contributed by atoms with Crippen molar-refractivity contribution in [2.24, 2.45) is 0 Å². The Labute approximate surface area is 124 Å². The molecule has 116 valence electrons. The largest absolute Gasteiger partial charge is 0.498 e. The number of hydroxylamine groups is 2. The van der Waals surface area contributed by atoms with Gasteiger partial charge in [-0.15, -0.1) is 5.06 Å². The third-order valence-electron chi connectivity index (χ3n) is 3.66. The molecule has 3 heteroatoms. The van der Waals surface area contributed by atoms with Gasteiger partial charge < -0.3 is 9.57 Å². The molecule has 0 radical (unpaired) electrons. The Balaban J connectivity index is 2.75. The lowest BCUT2D eigenvalue weighted by Crippen LogP contribution is -2.61. The predicted octanol–water partition coefficient (Wildman–Crippen LogP) is 4.80. The van der Waals surface area contributed by atoms with Gasteiger partial charge in [0.1, 0.15) is 12.4 Å². The smallest absolute Gasteiger partial charge is 0.107 e. The first-order valence-corrected chi connectivity index (χ1v) is 7.76. The van der Waals surface area contributed by atoms with Crippen LogP contribution in [0.25, 0.3) is 0 Å². The standard InChI is InChI=1S/C17H31NO2/c1-7-9-11-19-15-13-16(3,4)18(17(5,6)14-15)20-12-10-8-2/h9-12,15H,7-8,13-14H2,1-6H3. The molecule has 0 N–H and O–H groups in total. The van der Waals surface area contributed by atoms with Crippen LogP contribution in [0.1, 0.15) is 67.2 Å². The third-order valence-corrected chi connectivity index (χ3v) is 3.66. The van der Waals surface area contributed by atoms with Crippen molar-refractivity contribution in [3.05, 3.63) is 24.7 Å². The van der Waals surface area contributed by atoms with E-state index < -0.39 is 0 Å². The van der Waals surface area contributed by atoms with Gasteiger partial charge in [-0.2, -0.15) is 0 Å². The van der Waals surface area contributed by atoms with E-state index >= 15 is 0 Å². The molecule has 1 aliphatic heterocycles. The van der Waals surface area contributed by atoms with E-state index in [0.717, 1.165) is 25.7 Å². The van der Waals surface area contributed by atoms with Crippen molar-refractivity contribution in [3.63, 3.8) is 0 Å². The van der Waals surface area contributed by atoms with Crippen molar-refractivity contribution in [1.29, 1.82) is 0 Å². The molecule has 1 rings (SSSR count). The van der Waals surface area contributed by atoms with Gasteiger partial charge in [0.15, 0.2) is 0 Å². The topological polar surface area (TPSA) is 21.7 Å². The quantitative estimate of drug-likeness (QED) is 0.652. The monoisotopic (exact) mass is 281 g/mol. The molecule has 0 amide bonds. The maximum Gasteiger partial charge on any atom is 0.107 e. The van der Waals surface area contributed by atoms with E-state index in [1.165, 1.54) is 0 Å². The van der Waals surface area contributed by atoms with Gasteiger partial charge in [-0.05, 0) is 46.6 Å². The molecule has 1 saturated heterocycles. The summed E-state index contributed by atoms with van der Waals surface area (Å²) in [7, 11) is 0. The van der Waals surface area contributed by atoms with Crippen LogP contribution in [0.4, 0.5) is 0 Å². The van der Waals surface area contributed by atoms with Gasteiger partial charge in [-0.3, -0.25) is 0 Å². The fraction of sp³-hybridized carbons (Fsp3) is 0.765. The zero-order valence-electron chi connectivity index (χ0n) is 14.0. The highest BCUT2D eigenvalue weighted by molar-refractivity contribution is 4.98. The molecule has 3 nitrogen and oxygen atoms in total. The van der Waals surface area contributed by atoms with Crippen molar-refractivity contribution >= 4 is 0 Å². The molecule has 0 unspecified atom stereocenters. The minimum absolute atomic E-state index is 0.0510. The molecule has 0 aromatic carbocycles. The SMILES string of the molecule is CCC=COC1CC(C)(C)N(OC=CCC)C(C)(C)C1. The number of piperidine rings is 1. The summed E-state index contributed by atoms with van der Waals surface area (Å²) >= 11 is 0. The summed E-state index contributed by atoms with van der Waals surface area (Å²) in [6.45, 7) is 13.1. The minimum atomic E-state index is -0.0510. The normalized spacial score (nSPS) is 23.5. The van der Waals surface area contributed by atoms with Crippen LogP contribution in [0.2, 0.25) is 0 Å². The highest BCUT2D eigenvalue weighted by Crippen LogP contribution is 2.39. The zero-order valence-corrected chi connectivity index (χ0v) is 14.0. The number of rotatable bonds is 6. The number of hydrogen-bond donors (Lipinski definition) is 0. The summed E-state index contributed by atoms with van der Waals surface area (Å²) in [5.41, 5.74) is -0.102. The second-order valence-electron chi connectivity index (χ2n) is 6.75. The first-order chi connectivity index (χ1) is 9.33. The zero-order chi connectivity index (χ0) is 15.2. The van der Waals surface area contributed by atoms with E-state index in [2.05, 4.69) is 52.7 Å². The van der Waals surface area contributed by atoms with E-state index in [1.807, 2.05) is 18.6 Å². The minimum Gasteiger partial charge on any atom is -0.498 e. The molecule has 20 heavy (non-hydrogen) atoms. The Morgan fingerprint density at radius 2 is 1.45 bits per heavy atom. The van der Waals surface area contributed by atoms with Gasteiger partial charge in [0.2, 0.25) is 0 Å². The van der Waals surface area contributed by atoms with Crippen LogP contribution in [-0.4, -0.2) is 22.2 Å². The van der Waals surface area contributed by atoms with Crippen LogP contribution >= 0.6 is 0 Å². The summed E-state index contributed by atoms with van der Waals surface area (Å²) in [5, 5.41) is 2.12. The van der Waals surface area contributed by atoms with Gasteiger partial charge in [0.25, 0.3) is 0 Å². The second kappa shape index (κ2) is 7.16. The van der Waals surface area contributed by atoms with E-state index in [1.54, 1.807) is 0 Å². The van der Waals surface area contributed by atoms with Crippen LogP contribution in [-0.2, 0) is 9.57 Å². The van der Waals surface area contributed by atoms with E-state index in [-0.39, 0.29) is 17.2 Å². The van der Waals surface area contributed by atoms with Crippen molar-refractivity contribution in [3.8, 4) is 0 Å². The van der Waals surface area contributed by atoms with Gasteiger partial charge in [-0.25, -0.2) is 0 Å². The van der Waals surface area contributed by atoms with Crippen LogP contribution in [0.3, 0.4) is 0 Å². The lowest BCUT2D eigenvalue weighted by atomic mass is 9.80. The Morgan fingerprint density at radius 1 is 0.950 bits per heavy atom. The highest BCUT2D eigenvalue weighted by atomic mass is 16.7. The first-order valence-electron chi connectivity index (χ1n) is 7.76. The van der Waals surface area contributed by atoms with Crippen LogP contribution in [0.5, 0.6) is 0 Å². The maximum absolute atomic E-state index is 5.91. The van der Waals surface area contributed by atoms with Crippen LogP contribution in [0.15, 0.2) is 24.7 Å². The number of ether oxygens (including phenoxy) is 1. The Hall–Kier alpha value is -0.960. The van der Waals surface area contributed by atoms with Crippen molar-refractivity contribution in [1.82, 2.24) is 5.06 Å². The van der Waals surface area contributed by atoms with E-state index in [0.29, 0.717) is 0 Å². The van der Waals surface area contributed by atoms with Crippen LogP contribution < -0.4 is 0 Å². The fourth-order valence-corrected chi connectivity index (χ4v) is 3.02. The number of allylic oxidation sites excluding steroid dienone is 2. The second-order valence-corrected chi connectivity index (χ2v) is 6.75. The van der Waals surface area contributed by atoms with Gasteiger partial charge >= 0.3 is 0 Å². The lowest BCUT2D eigenvalue weighted by Gasteiger charge is -2.52. The summed E-state index contributed by atoms with van der Waals surface area (Å²) < 4.78 is 5.89. The number of hydrogen-bond acceptors (Lipinski definition) is 3. The molecule has 1 aliphatic rings. The van der Waals surface area contributed by atoms with Gasteiger partial charge in [0, 0.05) is 12.8 Å².